The summed E-state index contributed by atoms with van der Waals surface area (Å²) in [6.45, 7) is 4.87. The standard InChI is InChI=1S/C78H153N2O6P/c1-6-8-10-12-14-16-18-20-22-24-26-28-30-32-34-36-38-40-42-44-46-48-50-52-54-56-58-60-62-64-66-68-70-72-78(82)79-76(75-86-87(83,84)85-74-73-80(3,4)5)77(81)71-69-67-65-63-61-59-57-55-53-51-49-47-45-43-41-39-37-35-33-31-29-27-25-23-21-19-17-15-13-11-9-7-2/h18,20,24,26,69,71,76-77,81H,6-17,19,21-23,25,27-68,70,72-75H2,1-5H3,(H-,79,82,83,84)/p+1/b20-18-,26-24-,71-69+. The van der Waals surface area contributed by atoms with E-state index in [9.17, 15) is 19.4 Å². The first kappa shape index (κ1) is 85.7. The molecular formula is C78H154N2O6P+. The van der Waals surface area contributed by atoms with Gasteiger partial charge >= 0.3 is 7.82 Å². The average Bonchev–Trinajstić information content (AvgIpc) is 3.71. The molecule has 0 aromatic rings. The van der Waals surface area contributed by atoms with E-state index in [2.05, 4.69) is 43.5 Å². The molecule has 1 amide bonds. The van der Waals surface area contributed by atoms with E-state index in [1.54, 1.807) is 6.08 Å². The minimum atomic E-state index is -4.36. The highest BCUT2D eigenvalue weighted by molar-refractivity contribution is 7.47. The second-order valence-corrected chi connectivity index (χ2v) is 29.5. The Labute approximate surface area is 544 Å². The van der Waals surface area contributed by atoms with Gasteiger partial charge in [-0.3, -0.25) is 13.8 Å². The number of likely N-dealkylation sites (N-methyl/N-ethyl adjacent to an activating group) is 1. The predicted molar refractivity (Wildman–Crippen MR) is 383 cm³/mol. The van der Waals surface area contributed by atoms with Gasteiger partial charge in [-0.1, -0.05) is 384 Å². The van der Waals surface area contributed by atoms with Crippen LogP contribution in [0.4, 0.5) is 0 Å². The van der Waals surface area contributed by atoms with Crippen LogP contribution in [0.15, 0.2) is 36.5 Å². The lowest BCUT2D eigenvalue weighted by atomic mass is 10.0. The summed E-state index contributed by atoms with van der Waals surface area (Å²) in [7, 11) is 1.59. The number of quaternary nitrogens is 1. The van der Waals surface area contributed by atoms with Crippen LogP contribution in [0.3, 0.4) is 0 Å². The van der Waals surface area contributed by atoms with Gasteiger partial charge in [-0.15, -0.1) is 0 Å². The highest BCUT2D eigenvalue weighted by Gasteiger charge is 2.28. The maximum atomic E-state index is 13.1. The Morgan fingerprint density at radius 2 is 0.655 bits per heavy atom. The van der Waals surface area contributed by atoms with Crippen molar-refractivity contribution < 1.29 is 32.9 Å². The summed E-state index contributed by atoms with van der Waals surface area (Å²) in [5.74, 6) is -0.168. The van der Waals surface area contributed by atoms with Crippen molar-refractivity contribution in [3.63, 3.8) is 0 Å². The summed E-state index contributed by atoms with van der Waals surface area (Å²) in [6.07, 6.45) is 93.3. The molecule has 0 aliphatic carbocycles. The first-order chi connectivity index (χ1) is 42.5. The Bertz CT molecular complexity index is 1510. The van der Waals surface area contributed by atoms with Crippen LogP contribution in [0, 0.1) is 0 Å². The van der Waals surface area contributed by atoms with Crippen LogP contribution in [0.2, 0.25) is 0 Å². The van der Waals surface area contributed by atoms with Crippen LogP contribution >= 0.6 is 7.82 Å². The van der Waals surface area contributed by atoms with Crippen molar-refractivity contribution in [3.8, 4) is 0 Å². The highest BCUT2D eigenvalue weighted by Crippen LogP contribution is 2.43. The summed E-state index contributed by atoms with van der Waals surface area (Å²) in [4.78, 5) is 23.5. The molecule has 0 aliphatic rings. The second kappa shape index (κ2) is 69.1. The monoisotopic (exact) mass is 1250 g/mol. The van der Waals surface area contributed by atoms with Crippen molar-refractivity contribution in [1.29, 1.82) is 0 Å². The molecule has 0 aromatic carbocycles. The molecule has 0 aliphatic heterocycles. The number of aliphatic hydroxyl groups excluding tert-OH is 1. The largest absolute Gasteiger partial charge is 0.472 e. The van der Waals surface area contributed by atoms with Gasteiger partial charge in [-0.05, 0) is 51.4 Å². The average molecular weight is 1250 g/mol. The number of carbonyl (C=O) groups excluding carboxylic acids is 1. The SMILES string of the molecule is CCCCCCC/C=C\C/C=C\CCCCCCCCCCCCCCCCCCCCCCCC(=O)NC(COP(=O)(O)OCC[N+](C)(C)C)C(O)/C=C/CCCCCCCCCCCCCCCCCCCCCCCCCCCCCCCC. The van der Waals surface area contributed by atoms with Crippen LogP contribution in [-0.2, 0) is 18.4 Å². The molecule has 9 heteroatoms. The number of nitrogens with zero attached hydrogens (tertiary/aromatic N) is 1. The highest BCUT2D eigenvalue weighted by atomic mass is 31.2. The van der Waals surface area contributed by atoms with Crippen molar-refractivity contribution in [3.05, 3.63) is 36.5 Å². The quantitative estimate of drug-likeness (QED) is 0.0243. The lowest BCUT2D eigenvalue weighted by Gasteiger charge is -2.25. The summed E-state index contributed by atoms with van der Waals surface area (Å²) in [5.41, 5.74) is 0. The number of rotatable bonds is 73. The zero-order valence-electron chi connectivity index (χ0n) is 59.3. The van der Waals surface area contributed by atoms with E-state index in [0.717, 1.165) is 38.5 Å². The lowest BCUT2D eigenvalue weighted by Crippen LogP contribution is -2.45. The molecule has 0 aromatic heterocycles. The number of unbranched alkanes of at least 4 members (excludes halogenated alkanes) is 56. The van der Waals surface area contributed by atoms with E-state index >= 15 is 0 Å². The van der Waals surface area contributed by atoms with Gasteiger partial charge in [-0.2, -0.15) is 0 Å². The van der Waals surface area contributed by atoms with Gasteiger partial charge in [-0.25, -0.2) is 4.57 Å². The summed E-state index contributed by atoms with van der Waals surface area (Å²) in [6, 6.07) is -0.847. The smallest absolute Gasteiger partial charge is 0.387 e. The Morgan fingerprint density at radius 1 is 0.391 bits per heavy atom. The number of carbonyl (C=O) groups is 1. The molecule has 0 rings (SSSR count). The molecular weight excluding hydrogens is 1090 g/mol. The number of phosphoric ester groups is 1. The van der Waals surface area contributed by atoms with Gasteiger partial charge in [0.25, 0.3) is 0 Å². The minimum Gasteiger partial charge on any atom is -0.387 e. The molecule has 0 fully saturated rings. The van der Waals surface area contributed by atoms with Gasteiger partial charge in [0.05, 0.1) is 39.9 Å². The fourth-order valence-electron chi connectivity index (χ4n) is 12.1. The molecule has 8 nitrogen and oxygen atoms in total. The van der Waals surface area contributed by atoms with E-state index in [1.165, 1.54) is 347 Å². The van der Waals surface area contributed by atoms with Crippen LogP contribution in [0.1, 0.15) is 406 Å². The van der Waals surface area contributed by atoms with E-state index in [1.807, 2.05) is 27.2 Å². The Balaban J connectivity index is 3.97. The number of hydrogen-bond acceptors (Lipinski definition) is 5. The molecule has 0 bridgehead atoms. The van der Waals surface area contributed by atoms with Gasteiger partial charge in [0, 0.05) is 6.42 Å². The predicted octanol–water partition coefficient (Wildman–Crippen LogP) is 25.2. The molecule has 3 atom stereocenters. The molecule has 3 unspecified atom stereocenters. The normalized spacial score (nSPS) is 13.7. The van der Waals surface area contributed by atoms with Crippen LogP contribution in [-0.4, -0.2) is 73.4 Å². The molecule has 0 radical (unpaired) electrons. The van der Waals surface area contributed by atoms with Gasteiger partial charge < -0.3 is 19.8 Å². The van der Waals surface area contributed by atoms with E-state index in [4.69, 9.17) is 9.05 Å². The van der Waals surface area contributed by atoms with Crippen molar-refractivity contribution in [2.75, 3.05) is 40.9 Å². The summed E-state index contributed by atoms with van der Waals surface area (Å²) < 4.78 is 23.9. The molecule has 516 valence electrons. The molecule has 0 spiro atoms. The number of amides is 1. The summed E-state index contributed by atoms with van der Waals surface area (Å²) in [5, 5.41) is 14.1. The minimum absolute atomic E-state index is 0.0639. The summed E-state index contributed by atoms with van der Waals surface area (Å²) >= 11 is 0. The first-order valence-corrected chi connectivity index (χ1v) is 40.4. The fraction of sp³-hybridized carbons (Fsp3) is 0.910. The maximum absolute atomic E-state index is 13.1. The van der Waals surface area contributed by atoms with Gasteiger partial charge in [0.1, 0.15) is 13.2 Å². The Morgan fingerprint density at radius 3 is 0.943 bits per heavy atom. The van der Waals surface area contributed by atoms with Crippen molar-refractivity contribution in [1.82, 2.24) is 5.32 Å². The Kier molecular flexibility index (Phi) is 68.1. The van der Waals surface area contributed by atoms with Crippen molar-refractivity contribution in [2.24, 2.45) is 0 Å². The maximum Gasteiger partial charge on any atom is 0.472 e. The van der Waals surface area contributed by atoms with Gasteiger partial charge in [0.15, 0.2) is 0 Å². The van der Waals surface area contributed by atoms with Crippen LogP contribution < -0.4 is 5.32 Å². The van der Waals surface area contributed by atoms with Crippen molar-refractivity contribution in [2.45, 2.75) is 418 Å². The zero-order chi connectivity index (χ0) is 63.4. The molecule has 0 saturated heterocycles. The van der Waals surface area contributed by atoms with Crippen molar-refractivity contribution >= 4 is 13.7 Å². The topological polar surface area (TPSA) is 105 Å². The number of nitrogens with one attached hydrogen (secondary N) is 1. The third-order valence-electron chi connectivity index (χ3n) is 18.1. The molecule has 0 heterocycles. The Hall–Kier alpha value is -1.28. The van der Waals surface area contributed by atoms with Crippen LogP contribution in [0.5, 0.6) is 0 Å². The lowest BCUT2D eigenvalue weighted by molar-refractivity contribution is -0.870. The number of aliphatic hydroxyl groups is 1. The van der Waals surface area contributed by atoms with E-state index in [0.29, 0.717) is 17.4 Å². The third kappa shape index (κ3) is 72.0. The molecule has 3 N–H and O–H groups in total. The molecule has 0 saturated carbocycles. The van der Waals surface area contributed by atoms with E-state index < -0.39 is 20.0 Å². The molecule has 87 heavy (non-hydrogen) atoms. The number of allylic oxidation sites excluding steroid dienone is 5. The first-order valence-electron chi connectivity index (χ1n) is 38.9. The number of hydrogen-bond donors (Lipinski definition) is 3. The second-order valence-electron chi connectivity index (χ2n) is 28.1. The third-order valence-corrected chi connectivity index (χ3v) is 19.1. The number of phosphoric acid groups is 1. The van der Waals surface area contributed by atoms with Gasteiger partial charge in [0.2, 0.25) is 5.91 Å². The van der Waals surface area contributed by atoms with E-state index in [-0.39, 0.29) is 19.1 Å². The fourth-order valence-corrected chi connectivity index (χ4v) is 12.8. The zero-order valence-corrected chi connectivity index (χ0v) is 60.2. The van der Waals surface area contributed by atoms with Crippen LogP contribution in [0.25, 0.3) is 0 Å².